The highest BCUT2D eigenvalue weighted by molar-refractivity contribution is 5.77. The Morgan fingerprint density at radius 2 is 1.62 bits per heavy atom. The fourth-order valence-corrected chi connectivity index (χ4v) is 12.2. The van der Waals surface area contributed by atoms with Crippen LogP contribution in [0, 0.1) is 45.8 Å². The molecule has 0 bridgehead atoms. The predicted molar refractivity (Wildman–Crippen MR) is 197 cm³/mol. The van der Waals surface area contributed by atoms with Crippen molar-refractivity contribution in [3.05, 3.63) is 11.6 Å². The van der Waals surface area contributed by atoms with Crippen molar-refractivity contribution in [3.8, 4) is 0 Å². The summed E-state index contributed by atoms with van der Waals surface area (Å²) in [6, 6.07) is 0. The van der Waals surface area contributed by atoms with Gasteiger partial charge in [-0.05, 0) is 118 Å². The first kappa shape index (κ1) is 43.3. The standard InChI is InChI=1S/C41H68O14/c1-20(7-11-29(39(4,5)51)55-35-33(47)30(44)26(43)19-52-35)23-14-16-41(37(49)50)25-10-9-24-21(17-22(25)13-15-40(23,41)6)8-12-28(38(24,2)3)54-36-34(48)32(46)31(45)27(18-42)53-36/h8,20,22-36,42-48,51H,7,9-19H2,1-6H3,(H,49,50)/t20-,22-,23-,24+,25-,26+,27-,28-,29+,30+,31-,32+,33-,34-,35+,36+,40-,41+/m1/s1. The smallest absolute Gasteiger partial charge is 0.310 e. The van der Waals surface area contributed by atoms with Crippen molar-refractivity contribution in [2.75, 3.05) is 13.2 Å². The van der Waals surface area contributed by atoms with Crippen LogP contribution in [0.3, 0.4) is 0 Å². The number of aliphatic hydroxyl groups is 8. The zero-order chi connectivity index (χ0) is 40.4. The summed E-state index contributed by atoms with van der Waals surface area (Å²) < 4.78 is 23.6. The van der Waals surface area contributed by atoms with Gasteiger partial charge in [0.05, 0.1) is 36.4 Å². The Labute approximate surface area is 324 Å². The molecule has 2 saturated heterocycles. The van der Waals surface area contributed by atoms with Crippen molar-refractivity contribution >= 4 is 5.97 Å². The van der Waals surface area contributed by atoms with Crippen LogP contribution in [0.1, 0.15) is 106 Å². The Morgan fingerprint density at radius 3 is 2.27 bits per heavy atom. The second-order valence-corrected chi connectivity index (χ2v) is 19.3. The Kier molecular flexibility index (Phi) is 12.6. The lowest BCUT2D eigenvalue weighted by atomic mass is 9.47. The number of carboxylic acid groups (broad SMARTS) is 1. The summed E-state index contributed by atoms with van der Waals surface area (Å²) in [5.74, 6) is -0.189. The van der Waals surface area contributed by atoms with Crippen molar-refractivity contribution in [3.63, 3.8) is 0 Å². The fourth-order valence-electron chi connectivity index (χ4n) is 12.2. The maximum atomic E-state index is 13.8. The number of carbonyl (C=O) groups is 1. The second-order valence-electron chi connectivity index (χ2n) is 19.3. The van der Waals surface area contributed by atoms with Gasteiger partial charge in [0.25, 0.3) is 0 Å². The molecular formula is C41H68O14. The fraction of sp³-hybridized carbons (Fsp3) is 0.927. The minimum Gasteiger partial charge on any atom is -0.481 e. The van der Waals surface area contributed by atoms with Gasteiger partial charge in [-0.1, -0.05) is 39.3 Å². The van der Waals surface area contributed by atoms with E-state index in [2.05, 4.69) is 33.8 Å². The third-order valence-corrected chi connectivity index (χ3v) is 15.6. The summed E-state index contributed by atoms with van der Waals surface area (Å²) in [5, 5.41) is 94.0. The first-order valence-corrected chi connectivity index (χ1v) is 20.6. The molecule has 6 aliphatic rings. The number of allylic oxidation sites excluding steroid dienone is 1. The normalized spacial score (nSPS) is 47.1. The van der Waals surface area contributed by atoms with E-state index in [-0.39, 0.29) is 42.3 Å². The van der Waals surface area contributed by atoms with Crippen LogP contribution in [-0.4, -0.2) is 138 Å². The Hall–Kier alpha value is -1.27. The van der Waals surface area contributed by atoms with Gasteiger partial charge in [-0.2, -0.15) is 0 Å². The zero-order valence-corrected chi connectivity index (χ0v) is 33.4. The van der Waals surface area contributed by atoms with E-state index < -0.39 is 95.8 Å². The van der Waals surface area contributed by atoms with Gasteiger partial charge in [-0.25, -0.2) is 0 Å². The Balaban J connectivity index is 1.16. The first-order valence-electron chi connectivity index (χ1n) is 20.6. The highest BCUT2D eigenvalue weighted by Gasteiger charge is 2.68. The lowest BCUT2D eigenvalue weighted by Crippen LogP contribution is -2.60. The molecule has 5 fully saturated rings. The van der Waals surface area contributed by atoms with Crippen molar-refractivity contribution in [2.45, 2.75) is 179 Å². The number of aliphatic carboxylic acids is 1. The van der Waals surface area contributed by atoms with Gasteiger partial charge >= 0.3 is 5.97 Å². The van der Waals surface area contributed by atoms with E-state index >= 15 is 0 Å². The molecule has 2 aliphatic heterocycles. The van der Waals surface area contributed by atoms with Crippen molar-refractivity contribution < 1.29 is 69.7 Å². The average molecular weight is 785 g/mol. The average Bonchev–Trinajstić information content (AvgIpc) is 3.31. The van der Waals surface area contributed by atoms with E-state index in [4.69, 9.17) is 18.9 Å². The van der Waals surface area contributed by atoms with Crippen LogP contribution in [0.5, 0.6) is 0 Å². The summed E-state index contributed by atoms with van der Waals surface area (Å²) in [7, 11) is 0. The molecule has 0 amide bonds. The van der Waals surface area contributed by atoms with Crippen LogP contribution in [-0.2, 0) is 23.7 Å². The number of aliphatic hydroxyl groups excluding tert-OH is 7. The van der Waals surface area contributed by atoms with Gasteiger partial charge in [0.2, 0.25) is 0 Å². The van der Waals surface area contributed by atoms with Gasteiger partial charge in [0, 0.05) is 0 Å². The van der Waals surface area contributed by atoms with E-state index in [0.717, 1.165) is 38.5 Å². The minimum atomic E-state index is -1.53. The number of fused-ring (bicyclic) bond motifs is 4. The van der Waals surface area contributed by atoms with E-state index in [9.17, 15) is 50.8 Å². The largest absolute Gasteiger partial charge is 0.481 e. The second kappa shape index (κ2) is 16.1. The molecule has 316 valence electrons. The summed E-state index contributed by atoms with van der Waals surface area (Å²) in [6.45, 7) is 11.1. The lowest BCUT2D eigenvalue weighted by Gasteiger charge is -2.55. The monoisotopic (exact) mass is 784 g/mol. The molecule has 18 atom stereocenters. The van der Waals surface area contributed by atoms with Gasteiger partial charge in [-0.15, -0.1) is 0 Å². The van der Waals surface area contributed by atoms with Crippen LogP contribution in [0.15, 0.2) is 11.6 Å². The highest BCUT2D eigenvalue weighted by Crippen LogP contribution is 2.71. The number of hydrogen-bond acceptors (Lipinski definition) is 13. The number of rotatable bonds is 11. The van der Waals surface area contributed by atoms with E-state index in [1.807, 2.05) is 0 Å². The summed E-state index contributed by atoms with van der Waals surface area (Å²) in [5.41, 5.74) is -1.75. The first-order chi connectivity index (χ1) is 25.7. The molecule has 0 aromatic rings. The van der Waals surface area contributed by atoms with Crippen molar-refractivity contribution in [2.24, 2.45) is 45.8 Å². The van der Waals surface area contributed by atoms with Crippen molar-refractivity contribution in [1.82, 2.24) is 0 Å². The molecular weight excluding hydrogens is 716 g/mol. The molecule has 3 saturated carbocycles. The molecule has 0 radical (unpaired) electrons. The number of hydrogen-bond donors (Lipinski definition) is 9. The number of ether oxygens (including phenoxy) is 4. The minimum absolute atomic E-state index is 0.0211. The molecule has 9 N–H and O–H groups in total. The van der Waals surface area contributed by atoms with Crippen molar-refractivity contribution in [1.29, 1.82) is 0 Å². The quantitative estimate of drug-likeness (QED) is 0.136. The summed E-state index contributed by atoms with van der Waals surface area (Å²) in [4.78, 5) is 13.8. The third kappa shape index (κ3) is 7.59. The van der Waals surface area contributed by atoms with Gasteiger partial charge in [-0.3, -0.25) is 4.79 Å². The molecule has 0 unspecified atom stereocenters. The van der Waals surface area contributed by atoms with E-state index in [1.165, 1.54) is 5.57 Å². The summed E-state index contributed by atoms with van der Waals surface area (Å²) >= 11 is 0. The van der Waals surface area contributed by atoms with Crippen LogP contribution >= 0.6 is 0 Å². The Bertz CT molecular complexity index is 1380. The molecule has 55 heavy (non-hydrogen) atoms. The van der Waals surface area contributed by atoms with Crippen LogP contribution in [0.25, 0.3) is 0 Å². The molecule has 14 heteroatoms. The van der Waals surface area contributed by atoms with Gasteiger partial charge in [0.1, 0.15) is 42.7 Å². The SMILES string of the molecule is C[C@H](CC[C@H](O[C@@H]1OC[C@H](O)[C@H](O)[C@H]1O)C(C)(C)O)[C@H]1CC[C@@]2(C(=O)O)[C@@H]3CC[C@H]4C(=CC[C@@H](O[C@@H]5O[C@H](CO)[C@@H](O)[C@H](O)[C@H]5O)C4(C)C)C[C@H]3CC[C@]12C. The number of carboxylic acids is 1. The summed E-state index contributed by atoms with van der Waals surface area (Å²) in [6.07, 6.45) is -3.96. The molecule has 2 heterocycles. The maximum Gasteiger partial charge on any atom is 0.310 e. The van der Waals surface area contributed by atoms with Crippen LogP contribution < -0.4 is 0 Å². The maximum absolute atomic E-state index is 13.8. The van der Waals surface area contributed by atoms with Gasteiger partial charge < -0.3 is 64.9 Å². The molecule has 0 aromatic heterocycles. The van der Waals surface area contributed by atoms with Crippen LogP contribution in [0.4, 0.5) is 0 Å². The molecule has 4 aliphatic carbocycles. The third-order valence-electron chi connectivity index (χ3n) is 15.6. The lowest BCUT2D eigenvalue weighted by molar-refractivity contribution is -0.320. The molecule has 6 rings (SSSR count). The molecule has 0 spiro atoms. The zero-order valence-electron chi connectivity index (χ0n) is 33.4. The van der Waals surface area contributed by atoms with E-state index in [0.29, 0.717) is 25.7 Å². The van der Waals surface area contributed by atoms with Crippen LogP contribution in [0.2, 0.25) is 0 Å². The topological polar surface area (TPSA) is 236 Å². The molecule has 0 aromatic carbocycles. The Morgan fingerprint density at radius 1 is 0.927 bits per heavy atom. The highest BCUT2D eigenvalue weighted by atomic mass is 16.7. The molecule has 14 nitrogen and oxygen atoms in total. The predicted octanol–water partition coefficient (Wildman–Crippen LogP) is 1.85. The van der Waals surface area contributed by atoms with E-state index in [1.54, 1.807) is 13.8 Å². The van der Waals surface area contributed by atoms with Gasteiger partial charge in [0.15, 0.2) is 12.6 Å².